The minimum Gasteiger partial charge on any atom is -0.466 e. The third-order valence-corrected chi connectivity index (χ3v) is 3.33. The number of hydrogen-bond acceptors (Lipinski definition) is 3. The van der Waals surface area contributed by atoms with Crippen LogP contribution in [0.2, 0.25) is 0 Å². The number of rotatable bonds is 5. The lowest BCUT2D eigenvalue weighted by atomic mass is 10.0. The van der Waals surface area contributed by atoms with E-state index in [9.17, 15) is 4.79 Å². The molecule has 0 bridgehead atoms. The molecule has 0 heterocycles. The molecule has 0 amide bonds. The summed E-state index contributed by atoms with van der Waals surface area (Å²) in [6.45, 7) is 1.02. The van der Waals surface area contributed by atoms with Crippen LogP contribution < -0.4 is 5.32 Å². The van der Waals surface area contributed by atoms with E-state index >= 15 is 0 Å². The lowest BCUT2D eigenvalue weighted by Gasteiger charge is -2.12. The van der Waals surface area contributed by atoms with Gasteiger partial charge in [0.15, 0.2) is 0 Å². The van der Waals surface area contributed by atoms with Gasteiger partial charge in [-0.3, -0.25) is 0 Å². The van der Waals surface area contributed by atoms with E-state index in [0.717, 1.165) is 12.5 Å². The average molecular weight is 195 g/mol. The molecule has 1 N–H and O–H groups in total. The Hall–Kier alpha value is -0.990. The molecule has 0 aromatic rings. The smallest absolute Gasteiger partial charge is 0.331 e. The molecular formula is C11H17NO2. The van der Waals surface area contributed by atoms with Gasteiger partial charge < -0.3 is 10.1 Å². The van der Waals surface area contributed by atoms with Crippen molar-refractivity contribution in [1.29, 1.82) is 0 Å². The molecule has 0 aromatic heterocycles. The van der Waals surface area contributed by atoms with Gasteiger partial charge in [0.1, 0.15) is 0 Å². The topological polar surface area (TPSA) is 38.3 Å². The summed E-state index contributed by atoms with van der Waals surface area (Å²) >= 11 is 0. The first-order valence-electron chi connectivity index (χ1n) is 5.25. The monoisotopic (exact) mass is 195 g/mol. The maximum atomic E-state index is 10.7. The van der Waals surface area contributed by atoms with E-state index in [1.807, 2.05) is 0 Å². The Bertz CT molecular complexity index is 252. The van der Waals surface area contributed by atoms with Crippen molar-refractivity contribution in [2.75, 3.05) is 13.7 Å². The molecular weight excluding hydrogens is 178 g/mol. The predicted molar refractivity (Wildman–Crippen MR) is 53.5 cm³/mol. The number of esters is 1. The standard InChI is InChI=1S/C11H17NO2/c1-14-10(13)4-7-12-8-11(5-6-11)9-2-3-9/h4,7,9,12H,2-3,5-6,8H2,1H3/b7-4+. The summed E-state index contributed by atoms with van der Waals surface area (Å²) < 4.78 is 4.49. The summed E-state index contributed by atoms with van der Waals surface area (Å²) in [6.07, 6.45) is 8.66. The van der Waals surface area contributed by atoms with Crippen LogP contribution in [0.3, 0.4) is 0 Å². The third-order valence-electron chi connectivity index (χ3n) is 3.33. The van der Waals surface area contributed by atoms with Gasteiger partial charge in [0, 0.05) is 18.8 Å². The van der Waals surface area contributed by atoms with E-state index < -0.39 is 0 Å². The SMILES string of the molecule is COC(=O)/C=C/NCC1(C2CC2)CC1. The van der Waals surface area contributed by atoms with Gasteiger partial charge in [0.05, 0.1) is 7.11 Å². The van der Waals surface area contributed by atoms with E-state index in [1.54, 1.807) is 6.20 Å². The molecule has 0 spiro atoms. The van der Waals surface area contributed by atoms with Crippen LogP contribution in [-0.2, 0) is 9.53 Å². The molecule has 2 fully saturated rings. The summed E-state index contributed by atoms with van der Waals surface area (Å²) in [5.41, 5.74) is 0.584. The second-order valence-electron chi connectivity index (χ2n) is 4.37. The number of nitrogens with one attached hydrogen (secondary N) is 1. The Morgan fingerprint density at radius 2 is 2.29 bits per heavy atom. The second-order valence-corrected chi connectivity index (χ2v) is 4.37. The first-order chi connectivity index (χ1) is 6.77. The Balaban J connectivity index is 1.67. The Kier molecular flexibility index (Phi) is 2.48. The third kappa shape index (κ3) is 2.08. The summed E-state index contributed by atoms with van der Waals surface area (Å²) in [7, 11) is 1.39. The molecule has 14 heavy (non-hydrogen) atoms. The van der Waals surface area contributed by atoms with Gasteiger partial charge in [-0.05, 0) is 37.0 Å². The van der Waals surface area contributed by atoms with Crippen molar-refractivity contribution in [3.05, 3.63) is 12.3 Å². The summed E-state index contributed by atoms with van der Waals surface area (Å²) in [4.78, 5) is 10.7. The van der Waals surface area contributed by atoms with Crippen molar-refractivity contribution in [1.82, 2.24) is 5.32 Å². The molecule has 0 aliphatic heterocycles. The second kappa shape index (κ2) is 3.64. The van der Waals surface area contributed by atoms with E-state index in [4.69, 9.17) is 0 Å². The van der Waals surface area contributed by atoms with E-state index in [-0.39, 0.29) is 5.97 Å². The maximum Gasteiger partial charge on any atom is 0.331 e. The Morgan fingerprint density at radius 1 is 1.57 bits per heavy atom. The van der Waals surface area contributed by atoms with Crippen LogP contribution in [0.5, 0.6) is 0 Å². The Morgan fingerprint density at radius 3 is 2.79 bits per heavy atom. The highest BCUT2D eigenvalue weighted by molar-refractivity contribution is 5.81. The van der Waals surface area contributed by atoms with E-state index in [1.165, 1.54) is 38.9 Å². The van der Waals surface area contributed by atoms with Crippen LogP contribution in [0, 0.1) is 11.3 Å². The lowest BCUT2D eigenvalue weighted by Crippen LogP contribution is -2.21. The fourth-order valence-corrected chi connectivity index (χ4v) is 2.04. The zero-order valence-corrected chi connectivity index (χ0v) is 8.58. The van der Waals surface area contributed by atoms with Crippen molar-refractivity contribution in [3.8, 4) is 0 Å². The molecule has 2 aliphatic rings. The molecule has 0 saturated heterocycles. The van der Waals surface area contributed by atoms with E-state index in [0.29, 0.717) is 5.41 Å². The van der Waals surface area contributed by atoms with Crippen LogP contribution in [0.1, 0.15) is 25.7 Å². The molecule has 3 heteroatoms. The number of ether oxygens (including phenoxy) is 1. The van der Waals surface area contributed by atoms with Crippen molar-refractivity contribution >= 4 is 5.97 Å². The molecule has 2 rings (SSSR count). The highest BCUT2D eigenvalue weighted by Gasteiger charge is 2.53. The number of carbonyl (C=O) groups is 1. The fraction of sp³-hybridized carbons (Fsp3) is 0.727. The minimum atomic E-state index is -0.297. The first-order valence-corrected chi connectivity index (χ1v) is 5.25. The summed E-state index contributed by atoms with van der Waals surface area (Å²) in [6, 6.07) is 0. The Labute approximate surface area is 84.5 Å². The predicted octanol–water partition coefficient (Wildman–Crippen LogP) is 1.45. The molecule has 0 aromatic carbocycles. The quantitative estimate of drug-likeness (QED) is 0.533. The highest BCUT2D eigenvalue weighted by Crippen LogP contribution is 2.60. The molecule has 2 aliphatic carbocycles. The molecule has 0 unspecified atom stereocenters. The van der Waals surface area contributed by atoms with Crippen LogP contribution in [0.4, 0.5) is 0 Å². The van der Waals surface area contributed by atoms with Gasteiger partial charge >= 0.3 is 5.97 Å². The van der Waals surface area contributed by atoms with Crippen LogP contribution in [0.15, 0.2) is 12.3 Å². The van der Waals surface area contributed by atoms with Crippen molar-refractivity contribution in [2.45, 2.75) is 25.7 Å². The largest absolute Gasteiger partial charge is 0.466 e. The van der Waals surface area contributed by atoms with Gasteiger partial charge in [-0.2, -0.15) is 0 Å². The molecule has 2 saturated carbocycles. The van der Waals surface area contributed by atoms with Gasteiger partial charge in [-0.15, -0.1) is 0 Å². The normalized spacial score (nSPS) is 23.5. The highest BCUT2D eigenvalue weighted by atomic mass is 16.5. The number of methoxy groups -OCH3 is 1. The van der Waals surface area contributed by atoms with Crippen molar-refractivity contribution < 1.29 is 9.53 Å². The van der Waals surface area contributed by atoms with Gasteiger partial charge in [-0.1, -0.05) is 0 Å². The molecule has 78 valence electrons. The molecule has 0 radical (unpaired) electrons. The van der Waals surface area contributed by atoms with Crippen LogP contribution >= 0.6 is 0 Å². The van der Waals surface area contributed by atoms with Gasteiger partial charge in [-0.25, -0.2) is 4.79 Å². The zero-order chi connectivity index (χ0) is 10.0. The average Bonchev–Trinajstić information content (AvgIpc) is 3.02. The first kappa shape index (κ1) is 9.56. The van der Waals surface area contributed by atoms with Crippen molar-refractivity contribution in [2.24, 2.45) is 11.3 Å². The van der Waals surface area contributed by atoms with Crippen molar-refractivity contribution in [3.63, 3.8) is 0 Å². The fourth-order valence-electron chi connectivity index (χ4n) is 2.04. The zero-order valence-electron chi connectivity index (χ0n) is 8.58. The van der Waals surface area contributed by atoms with Crippen LogP contribution in [0.25, 0.3) is 0 Å². The minimum absolute atomic E-state index is 0.297. The summed E-state index contributed by atoms with van der Waals surface area (Å²) in [5.74, 6) is 0.662. The molecule has 3 nitrogen and oxygen atoms in total. The van der Waals surface area contributed by atoms with E-state index in [2.05, 4.69) is 10.1 Å². The number of hydrogen-bond donors (Lipinski definition) is 1. The summed E-state index contributed by atoms with van der Waals surface area (Å²) in [5, 5.41) is 3.19. The number of carbonyl (C=O) groups excluding carboxylic acids is 1. The van der Waals surface area contributed by atoms with Gasteiger partial charge in [0.2, 0.25) is 0 Å². The lowest BCUT2D eigenvalue weighted by molar-refractivity contribution is -0.134. The molecule has 0 atom stereocenters. The van der Waals surface area contributed by atoms with Crippen LogP contribution in [-0.4, -0.2) is 19.6 Å². The van der Waals surface area contributed by atoms with Gasteiger partial charge in [0.25, 0.3) is 0 Å². The maximum absolute atomic E-state index is 10.7.